The van der Waals surface area contributed by atoms with E-state index in [4.69, 9.17) is 23.0 Å². The number of aryl methyl sites for hydroxylation is 1. The van der Waals surface area contributed by atoms with E-state index in [1.165, 1.54) is 19.4 Å². The van der Waals surface area contributed by atoms with Crippen LogP contribution in [0.2, 0.25) is 0 Å². The van der Waals surface area contributed by atoms with Crippen LogP contribution >= 0.6 is 0 Å². The normalized spacial score (nSPS) is 11.0. The van der Waals surface area contributed by atoms with Crippen LogP contribution in [0.1, 0.15) is 5.76 Å². The van der Waals surface area contributed by atoms with Crippen LogP contribution in [-0.4, -0.2) is 25.3 Å². The number of nitrogens with zero attached hydrogens (tertiary/aromatic N) is 1. The van der Waals surface area contributed by atoms with Gasteiger partial charge in [-0.2, -0.15) is 0 Å². The molecule has 27 heavy (non-hydrogen) atoms. The first kappa shape index (κ1) is 17.0. The topological polar surface area (TPSA) is 83.9 Å². The lowest BCUT2D eigenvalue weighted by Crippen LogP contribution is -2.11. The summed E-state index contributed by atoms with van der Waals surface area (Å²) in [5.74, 6) is 1.72. The Kier molecular flexibility index (Phi) is 4.42. The molecule has 4 rings (SSSR count). The van der Waals surface area contributed by atoms with E-state index in [-0.39, 0.29) is 24.2 Å². The first-order valence-corrected chi connectivity index (χ1v) is 8.37. The number of hydrogen-bond donors (Lipinski definition) is 0. The molecule has 0 spiro atoms. The number of furan rings is 1. The van der Waals surface area contributed by atoms with Gasteiger partial charge in [0.2, 0.25) is 11.6 Å². The molecule has 1 aromatic carbocycles. The van der Waals surface area contributed by atoms with Gasteiger partial charge in [-0.05, 0) is 19.1 Å². The van der Waals surface area contributed by atoms with Crippen molar-refractivity contribution < 1.29 is 23.0 Å². The first-order chi connectivity index (χ1) is 13.2. The van der Waals surface area contributed by atoms with Gasteiger partial charge in [0, 0.05) is 18.3 Å². The van der Waals surface area contributed by atoms with Gasteiger partial charge in [-0.1, -0.05) is 6.07 Å². The molecule has 0 aliphatic carbocycles. The van der Waals surface area contributed by atoms with Crippen LogP contribution < -0.4 is 19.6 Å². The SMILES string of the molecule is COc1c2ccoc2c(OCCOc2ccccn2)c2oc(C)cc(=O)c12. The molecule has 0 unspecified atom stereocenters. The van der Waals surface area contributed by atoms with E-state index in [1.54, 1.807) is 25.3 Å². The van der Waals surface area contributed by atoms with Gasteiger partial charge in [-0.25, -0.2) is 4.98 Å². The second kappa shape index (κ2) is 7.03. The molecule has 0 radical (unpaired) electrons. The number of pyridine rings is 1. The summed E-state index contributed by atoms with van der Waals surface area (Å²) in [4.78, 5) is 16.6. The highest BCUT2D eigenvalue weighted by molar-refractivity contribution is 6.06. The third-order valence-electron chi connectivity index (χ3n) is 4.04. The van der Waals surface area contributed by atoms with Gasteiger partial charge < -0.3 is 23.0 Å². The van der Waals surface area contributed by atoms with Crippen LogP contribution in [0.4, 0.5) is 0 Å². The fourth-order valence-electron chi connectivity index (χ4n) is 2.95. The number of aromatic nitrogens is 1. The molecule has 0 atom stereocenters. The van der Waals surface area contributed by atoms with Gasteiger partial charge >= 0.3 is 0 Å². The molecule has 0 bridgehead atoms. The molecule has 0 saturated heterocycles. The van der Waals surface area contributed by atoms with E-state index in [9.17, 15) is 4.79 Å². The van der Waals surface area contributed by atoms with Crippen molar-refractivity contribution >= 4 is 21.9 Å². The minimum absolute atomic E-state index is 0.205. The molecule has 3 heterocycles. The molecule has 0 saturated carbocycles. The highest BCUT2D eigenvalue weighted by Crippen LogP contribution is 2.42. The zero-order valence-corrected chi connectivity index (χ0v) is 14.9. The molecular formula is C20H17NO6. The van der Waals surface area contributed by atoms with E-state index in [0.29, 0.717) is 39.5 Å². The Morgan fingerprint density at radius 2 is 1.93 bits per heavy atom. The fraction of sp³-hybridized carbons (Fsp3) is 0.200. The van der Waals surface area contributed by atoms with E-state index in [0.717, 1.165) is 0 Å². The second-order valence-electron chi connectivity index (χ2n) is 5.82. The Labute approximate surface area is 154 Å². The van der Waals surface area contributed by atoms with E-state index >= 15 is 0 Å². The standard InChI is InChI=1S/C20H17NO6/c1-12-11-14(22)16-17(23-2)13-6-8-25-18(13)20(19(16)27-12)26-10-9-24-15-5-3-4-7-21-15/h3-8,11H,9-10H2,1-2H3. The van der Waals surface area contributed by atoms with Gasteiger partial charge in [-0.15, -0.1) is 0 Å². The monoisotopic (exact) mass is 367 g/mol. The molecule has 7 heteroatoms. The fourth-order valence-corrected chi connectivity index (χ4v) is 2.95. The second-order valence-corrected chi connectivity index (χ2v) is 5.82. The maximum Gasteiger partial charge on any atom is 0.213 e. The van der Waals surface area contributed by atoms with E-state index in [2.05, 4.69) is 4.98 Å². The maximum atomic E-state index is 12.6. The highest BCUT2D eigenvalue weighted by Gasteiger charge is 2.22. The summed E-state index contributed by atoms with van der Waals surface area (Å²) in [5.41, 5.74) is 0.534. The summed E-state index contributed by atoms with van der Waals surface area (Å²) in [6, 6.07) is 8.56. The first-order valence-electron chi connectivity index (χ1n) is 8.37. The number of fused-ring (bicyclic) bond motifs is 2. The Morgan fingerprint density at radius 3 is 2.70 bits per heavy atom. The molecule has 0 fully saturated rings. The number of benzene rings is 1. The van der Waals surface area contributed by atoms with E-state index < -0.39 is 0 Å². The quantitative estimate of drug-likeness (QED) is 0.480. The van der Waals surface area contributed by atoms with Crippen molar-refractivity contribution in [2.75, 3.05) is 20.3 Å². The Hall–Kier alpha value is -3.48. The molecular weight excluding hydrogens is 350 g/mol. The van der Waals surface area contributed by atoms with Crippen LogP contribution in [0, 0.1) is 6.92 Å². The Balaban J connectivity index is 1.72. The predicted octanol–water partition coefficient (Wildman–Crippen LogP) is 3.71. The van der Waals surface area contributed by atoms with Crippen LogP contribution in [-0.2, 0) is 0 Å². The van der Waals surface area contributed by atoms with Gasteiger partial charge in [-0.3, -0.25) is 4.79 Å². The van der Waals surface area contributed by atoms with Crippen LogP contribution in [0.25, 0.3) is 21.9 Å². The van der Waals surface area contributed by atoms with Crippen LogP contribution in [0.5, 0.6) is 17.4 Å². The number of hydrogen-bond acceptors (Lipinski definition) is 7. The van der Waals surface area contributed by atoms with Crippen molar-refractivity contribution in [3.8, 4) is 17.4 Å². The van der Waals surface area contributed by atoms with Crippen molar-refractivity contribution in [1.82, 2.24) is 4.98 Å². The zero-order chi connectivity index (χ0) is 18.8. The summed E-state index contributed by atoms with van der Waals surface area (Å²) >= 11 is 0. The Bertz CT molecular complexity index is 1150. The van der Waals surface area contributed by atoms with Crippen LogP contribution in [0.3, 0.4) is 0 Å². The summed E-state index contributed by atoms with van der Waals surface area (Å²) < 4.78 is 28.2. The lowest BCUT2D eigenvalue weighted by molar-refractivity contribution is 0.212. The number of rotatable bonds is 6. The average molecular weight is 367 g/mol. The lowest BCUT2D eigenvalue weighted by Gasteiger charge is -2.13. The van der Waals surface area contributed by atoms with Crippen LogP contribution in [0.15, 0.2) is 56.4 Å². The van der Waals surface area contributed by atoms with Crippen molar-refractivity contribution in [3.05, 3.63) is 58.8 Å². The molecule has 0 N–H and O–H groups in total. The smallest absolute Gasteiger partial charge is 0.213 e. The molecule has 3 aromatic heterocycles. The Morgan fingerprint density at radius 1 is 1.07 bits per heavy atom. The van der Waals surface area contributed by atoms with Crippen molar-refractivity contribution in [2.45, 2.75) is 6.92 Å². The zero-order valence-electron chi connectivity index (χ0n) is 14.9. The number of ether oxygens (including phenoxy) is 3. The summed E-state index contributed by atoms with van der Waals surface area (Å²) in [7, 11) is 1.50. The molecule has 0 aliphatic heterocycles. The van der Waals surface area contributed by atoms with E-state index in [1.807, 2.05) is 12.1 Å². The lowest BCUT2D eigenvalue weighted by atomic mass is 10.1. The van der Waals surface area contributed by atoms with Gasteiger partial charge in [0.05, 0.1) is 18.8 Å². The third kappa shape index (κ3) is 3.08. The molecule has 138 valence electrons. The van der Waals surface area contributed by atoms with Crippen molar-refractivity contribution in [2.24, 2.45) is 0 Å². The third-order valence-corrected chi connectivity index (χ3v) is 4.04. The van der Waals surface area contributed by atoms with Crippen molar-refractivity contribution in [3.63, 3.8) is 0 Å². The summed E-state index contributed by atoms with van der Waals surface area (Å²) in [6.45, 7) is 2.18. The molecule has 0 aliphatic rings. The summed E-state index contributed by atoms with van der Waals surface area (Å²) in [5, 5.41) is 0.958. The highest BCUT2D eigenvalue weighted by atomic mass is 16.5. The molecule has 4 aromatic rings. The molecule has 0 amide bonds. The van der Waals surface area contributed by atoms with Gasteiger partial charge in [0.1, 0.15) is 30.1 Å². The maximum absolute atomic E-state index is 12.6. The largest absolute Gasteiger partial charge is 0.495 e. The van der Waals surface area contributed by atoms with Gasteiger partial charge in [0.25, 0.3) is 0 Å². The summed E-state index contributed by atoms with van der Waals surface area (Å²) in [6.07, 6.45) is 3.16. The molecule has 7 nitrogen and oxygen atoms in total. The predicted molar refractivity (Wildman–Crippen MR) is 98.8 cm³/mol. The van der Waals surface area contributed by atoms with Crippen molar-refractivity contribution in [1.29, 1.82) is 0 Å². The van der Waals surface area contributed by atoms with Gasteiger partial charge in [0.15, 0.2) is 16.6 Å². The number of methoxy groups -OCH3 is 1. The average Bonchev–Trinajstić information content (AvgIpc) is 3.15. The minimum atomic E-state index is -0.205. The minimum Gasteiger partial charge on any atom is -0.495 e.